The fraction of sp³-hybridized carbons (Fsp3) is 0.375. The normalized spacial score (nSPS) is 15.8. The molecule has 1 aliphatic rings. The number of nitrogens with one attached hydrogen (secondary N) is 2. The quantitative estimate of drug-likeness (QED) is 0.584. The van der Waals surface area contributed by atoms with Crippen molar-refractivity contribution in [1.29, 1.82) is 0 Å². The number of hydrogen-bond donors (Lipinski definition) is 2. The molecule has 1 saturated carbocycles. The van der Waals surface area contributed by atoms with Crippen LogP contribution in [0.5, 0.6) is 0 Å². The average molecular weight is 405 g/mol. The summed E-state index contributed by atoms with van der Waals surface area (Å²) in [5, 5.41) is 10.5. The topological polar surface area (TPSA) is 80.0 Å². The van der Waals surface area contributed by atoms with E-state index in [9.17, 15) is 4.79 Å². The van der Waals surface area contributed by atoms with Gasteiger partial charge in [0.2, 0.25) is 11.8 Å². The predicted molar refractivity (Wildman–Crippen MR) is 116 cm³/mol. The first-order valence-corrected chi connectivity index (χ1v) is 10.6. The van der Waals surface area contributed by atoms with Crippen LogP contribution in [0.15, 0.2) is 59.1 Å². The number of carbonyl (C=O) groups excluding carboxylic acids is 1. The molecule has 30 heavy (non-hydrogen) atoms. The zero-order valence-electron chi connectivity index (χ0n) is 17.5. The summed E-state index contributed by atoms with van der Waals surface area (Å²) in [6, 6.07) is 17.8. The standard InChI is InChI=1S/C24H28N4O2/c1-17-11-13-20(14-12-17)27-24(2,19-9-4-3-5-10-19)23(29)25-16-15-21-26-22(30-28-21)18-7-6-8-18/h3-5,9-14,18,27H,6-8,15-16H2,1-2H3,(H,25,29). The molecule has 0 bridgehead atoms. The Kier molecular flexibility index (Phi) is 5.84. The second-order valence-corrected chi connectivity index (χ2v) is 8.16. The molecule has 156 valence electrons. The summed E-state index contributed by atoms with van der Waals surface area (Å²) in [5.41, 5.74) is 2.05. The zero-order chi connectivity index (χ0) is 21.0. The first kappa shape index (κ1) is 20.1. The number of anilines is 1. The second kappa shape index (κ2) is 8.69. The van der Waals surface area contributed by atoms with Crippen LogP contribution in [0.4, 0.5) is 5.69 Å². The van der Waals surface area contributed by atoms with Crippen LogP contribution in [0, 0.1) is 6.92 Å². The Labute approximate surface area is 177 Å². The zero-order valence-corrected chi connectivity index (χ0v) is 17.5. The molecule has 1 aliphatic carbocycles. The van der Waals surface area contributed by atoms with Gasteiger partial charge in [-0.25, -0.2) is 0 Å². The van der Waals surface area contributed by atoms with E-state index in [4.69, 9.17) is 4.52 Å². The summed E-state index contributed by atoms with van der Waals surface area (Å²) in [7, 11) is 0. The van der Waals surface area contributed by atoms with Crippen LogP contribution >= 0.6 is 0 Å². The smallest absolute Gasteiger partial charge is 0.250 e. The minimum Gasteiger partial charge on any atom is -0.368 e. The van der Waals surface area contributed by atoms with Crippen molar-refractivity contribution in [3.63, 3.8) is 0 Å². The van der Waals surface area contributed by atoms with Gasteiger partial charge < -0.3 is 15.2 Å². The van der Waals surface area contributed by atoms with Crippen molar-refractivity contribution >= 4 is 11.6 Å². The van der Waals surface area contributed by atoms with E-state index in [2.05, 4.69) is 20.8 Å². The Bertz CT molecular complexity index is 980. The van der Waals surface area contributed by atoms with Crippen molar-refractivity contribution in [2.75, 3.05) is 11.9 Å². The average Bonchev–Trinajstić information content (AvgIpc) is 3.17. The molecular weight excluding hydrogens is 376 g/mol. The highest BCUT2D eigenvalue weighted by atomic mass is 16.5. The van der Waals surface area contributed by atoms with Crippen LogP contribution < -0.4 is 10.6 Å². The number of nitrogens with zero attached hydrogens (tertiary/aromatic N) is 2. The predicted octanol–water partition coefficient (Wildman–Crippen LogP) is 4.33. The van der Waals surface area contributed by atoms with E-state index in [0.717, 1.165) is 30.0 Å². The van der Waals surface area contributed by atoms with Crippen LogP contribution in [0.25, 0.3) is 0 Å². The first-order valence-electron chi connectivity index (χ1n) is 10.6. The third-order valence-electron chi connectivity index (χ3n) is 5.82. The molecule has 0 aliphatic heterocycles. The van der Waals surface area contributed by atoms with E-state index in [1.807, 2.05) is 68.4 Å². The lowest BCUT2D eigenvalue weighted by atomic mass is 9.85. The molecule has 1 fully saturated rings. The first-order chi connectivity index (χ1) is 14.5. The summed E-state index contributed by atoms with van der Waals surface area (Å²) < 4.78 is 5.37. The van der Waals surface area contributed by atoms with Crippen molar-refractivity contribution in [2.45, 2.75) is 51.0 Å². The molecule has 0 radical (unpaired) electrons. The number of benzene rings is 2. The minimum atomic E-state index is -0.912. The summed E-state index contributed by atoms with van der Waals surface area (Å²) in [6.07, 6.45) is 4.01. The van der Waals surface area contributed by atoms with Gasteiger partial charge in [-0.15, -0.1) is 0 Å². The second-order valence-electron chi connectivity index (χ2n) is 8.16. The van der Waals surface area contributed by atoms with Crippen LogP contribution in [-0.2, 0) is 16.8 Å². The minimum absolute atomic E-state index is 0.100. The maximum Gasteiger partial charge on any atom is 0.250 e. The van der Waals surface area contributed by atoms with Crippen LogP contribution in [-0.4, -0.2) is 22.6 Å². The fourth-order valence-corrected chi connectivity index (χ4v) is 3.61. The Morgan fingerprint density at radius 1 is 1.13 bits per heavy atom. The molecule has 0 spiro atoms. The molecule has 1 heterocycles. The van der Waals surface area contributed by atoms with Gasteiger partial charge in [-0.3, -0.25) is 4.79 Å². The molecular formula is C24H28N4O2. The number of aromatic nitrogens is 2. The summed E-state index contributed by atoms with van der Waals surface area (Å²) in [5.74, 6) is 1.70. The van der Waals surface area contributed by atoms with E-state index in [0.29, 0.717) is 24.7 Å². The molecule has 2 N–H and O–H groups in total. The molecule has 4 rings (SSSR count). The number of rotatable bonds is 8. The van der Waals surface area contributed by atoms with Gasteiger partial charge in [0.05, 0.1) is 0 Å². The SMILES string of the molecule is Cc1ccc(NC(C)(C(=O)NCCc2noc(C3CCC3)n2)c2ccccc2)cc1. The monoisotopic (exact) mass is 404 g/mol. The van der Waals surface area contributed by atoms with E-state index >= 15 is 0 Å². The summed E-state index contributed by atoms with van der Waals surface area (Å²) in [6.45, 7) is 4.39. The maximum atomic E-state index is 13.3. The molecule has 1 unspecified atom stereocenters. The van der Waals surface area contributed by atoms with E-state index in [-0.39, 0.29) is 5.91 Å². The highest BCUT2D eigenvalue weighted by Gasteiger charge is 2.35. The van der Waals surface area contributed by atoms with Gasteiger partial charge >= 0.3 is 0 Å². The van der Waals surface area contributed by atoms with Crippen molar-refractivity contribution in [3.8, 4) is 0 Å². The van der Waals surface area contributed by atoms with Gasteiger partial charge in [0, 0.05) is 24.6 Å². The molecule has 6 nitrogen and oxygen atoms in total. The van der Waals surface area contributed by atoms with Crippen molar-refractivity contribution < 1.29 is 9.32 Å². The van der Waals surface area contributed by atoms with Crippen molar-refractivity contribution in [3.05, 3.63) is 77.4 Å². The number of hydrogen-bond acceptors (Lipinski definition) is 5. The summed E-state index contributed by atoms with van der Waals surface area (Å²) >= 11 is 0. The summed E-state index contributed by atoms with van der Waals surface area (Å²) in [4.78, 5) is 17.7. The Morgan fingerprint density at radius 3 is 2.53 bits per heavy atom. The van der Waals surface area contributed by atoms with Crippen molar-refractivity contribution in [2.24, 2.45) is 0 Å². The Hall–Kier alpha value is -3.15. The van der Waals surface area contributed by atoms with Gasteiger partial charge in [-0.1, -0.05) is 59.6 Å². The number of amides is 1. The third kappa shape index (κ3) is 4.37. The number of aryl methyl sites for hydroxylation is 1. The molecule has 3 aromatic rings. The van der Waals surface area contributed by atoms with Gasteiger partial charge in [0.15, 0.2) is 5.82 Å². The lowest BCUT2D eigenvalue weighted by Gasteiger charge is -2.31. The van der Waals surface area contributed by atoms with Crippen LogP contribution in [0.2, 0.25) is 0 Å². The van der Waals surface area contributed by atoms with Gasteiger partial charge in [0.25, 0.3) is 0 Å². The molecule has 0 saturated heterocycles. The molecule has 1 atom stereocenters. The Balaban J connectivity index is 1.43. The molecule has 2 aromatic carbocycles. The lowest BCUT2D eigenvalue weighted by molar-refractivity contribution is -0.125. The van der Waals surface area contributed by atoms with Crippen LogP contribution in [0.1, 0.15) is 54.9 Å². The van der Waals surface area contributed by atoms with Crippen LogP contribution in [0.3, 0.4) is 0 Å². The van der Waals surface area contributed by atoms with E-state index in [1.165, 1.54) is 12.0 Å². The maximum absolute atomic E-state index is 13.3. The molecule has 1 aromatic heterocycles. The molecule has 6 heteroatoms. The largest absolute Gasteiger partial charge is 0.368 e. The van der Waals surface area contributed by atoms with E-state index < -0.39 is 5.54 Å². The highest BCUT2D eigenvalue weighted by molar-refractivity contribution is 5.90. The van der Waals surface area contributed by atoms with Gasteiger partial charge in [-0.2, -0.15) is 4.98 Å². The Morgan fingerprint density at radius 2 is 1.87 bits per heavy atom. The van der Waals surface area contributed by atoms with Crippen molar-refractivity contribution in [1.82, 2.24) is 15.5 Å². The van der Waals surface area contributed by atoms with Gasteiger partial charge in [-0.05, 0) is 44.4 Å². The lowest BCUT2D eigenvalue weighted by Crippen LogP contribution is -2.48. The van der Waals surface area contributed by atoms with E-state index in [1.54, 1.807) is 0 Å². The third-order valence-corrected chi connectivity index (χ3v) is 5.82. The fourth-order valence-electron chi connectivity index (χ4n) is 3.61. The van der Waals surface area contributed by atoms with Gasteiger partial charge in [0.1, 0.15) is 5.54 Å². The highest BCUT2D eigenvalue weighted by Crippen LogP contribution is 2.35. The molecule has 1 amide bonds. The number of carbonyl (C=O) groups is 1.